The number of carbonyl (C=O) groups is 1. The average Bonchev–Trinajstić information content (AvgIpc) is 2.97. The highest BCUT2D eigenvalue weighted by Crippen LogP contribution is 2.14. The molecule has 1 aromatic carbocycles. The largest absolute Gasteiger partial charge is 0.391 e. The number of hydrogen-bond donors (Lipinski definition) is 2. The second-order valence-electron chi connectivity index (χ2n) is 5.36. The van der Waals surface area contributed by atoms with E-state index in [1.807, 2.05) is 26.8 Å². The highest BCUT2D eigenvalue weighted by molar-refractivity contribution is 5.94. The van der Waals surface area contributed by atoms with Gasteiger partial charge < -0.3 is 10.4 Å². The van der Waals surface area contributed by atoms with Crippen LogP contribution in [0.5, 0.6) is 0 Å². The minimum Gasteiger partial charge on any atom is -0.391 e. The summed E-state index contributed by atoms with van der Waals surface area (Å²) in [5.74, 6) is -0.0790. The molecule has 1 aromatic heterocycles. The molecule has 1 amide bonds. The highest BCUT2D eigenvalue weighted by atomic mass is 16.3. The number of amides is 1. The van der Waals surface area contributed by atoms with Crippen molar-refractivity contribution >= 4 is 5.91 Å². The number of nitrogens with zero attached hydrogens (tertiary/aromatic N) is 3. The molecule has 6 nitrogen and oxygen atoms in total. The van der Waals surface area contributed by atoms with Crippen LogP contribution in [-0.2, 0) is 0 Å². The maximum atomic E-state index is 12.1. The van der Waals surface area contributed by atoms with Crippen LogP contribution in [0.3, 0.4) is 0 Å². The summed E-state index contributed by atoms with van der Waals surface area (Å²) >= 11 is 0. The van der Waals surface area contributed by atoms with Crippen LogP contribution >= 0.6 is 0 Å². The molecular weight excluding hydrogens is 268 g/mol. The lowest BCUT2D eigenvalue weighted by molar-refractivity contribution is 0.0871. The van der Waals surface area contributed by atoms with E-state index in [0.717, 1.165) is 11.3 Å². The van der Waals surface area contributed by atoms with Gasteiger partial charge in [-0.3, -0.25) is 4.79 Å². The van der Waals surface area contributed by atoms with Crippen LogP contribution < -0.4 is 5.32 Å². The molecule has 1 atom stereocenters. The Kier molecular flexibility index (Phi) is 4.70. The van der Waals surface area contributed by atoms with Crippen molar-refractivity contribution in [3.8, 4) is 5.69 Å². The van der Waals surface area contributed by atoms with Crippen molar-refractivity contribution in [1.82, 2.24) is 20.1 Å². The number of hydrogen-bond acceptors (Lipinski definition) is 4. The molecule has 112 valence electrons. The van der Waals surface area contributed by atoms with Crippen molar-refractivity contribution in [3.05, 3.63) is 42.0 Å². The summed E-state index contributed by atoms with van der Waals surface area (Å²) in [5.41, 5.74) is 2.37. The van der Waals surface area contributed by atoms with Crippen LogP contribution in [-0.4, -0.2) is 38.4 Å². The van der Waals surface area contributed by atoms with Gasteiger partial charge in [0, 0.05) is 12.1 Å². The molecule has 0 spiro atoms. The molecule has 2 N–H and O–H groups in total. The van der Waals surface area contributed by atoms with E-state index in [0.29, 0.717) is 5.56 Å². The predicted molar refractivity (Wildman–Crippen MR) is 79.3 cm³/mol. The average molecular weight is 288 g/mol. The molecule has 21 heavy (non-hydrogen) atoms. The third-order valence-electron chi connectivity index (χ3n) is 3.37. The van der Waals surface area contributed by atoms with E-state index in [1.54, 1.807) is 23.1 Å². The normalized spacial score (nSPS) is 12.4. The molecule has 6 heteroatoms. The van der Waals surface area contributed by atoms with E-state index in [-0.39, 0.29) is 18.4 Å². The predicted octanol–water partition coefficient (Wildman–Crippen LogP) is 1.32. The summed E-state index contributed by atoms with van der Waals surface area (Å²) in [6.07, 6.45) is 2.54. The monoisotopic (exact) mass is 288 g/mol. The van der Waals surface area contributed by atoms with Crippen LogP contribution in [0.2, 0.25) is 0 Å². The van der Waals surface area contributed by atoms with Gasteiger partial charge in [-0.1, -0.05) is 13.8 Å². The molecule has 1 heterocycles. The lowest BCUT2D eigenvalue weighted by atomic mass is 10.1. The number of aromatic nitrogens is 3. The first-order valence-electron chi connectivity index (χ1n) is 6.91. The van der Waals surface area contributed by atoms with Gasteiger partial charge in [0.15, 0.2) is 0 Å². The molecule has 0 radical (unpaired) electrons. The maximum absolute atomic E-state index is 12.1. The van der Waals surface area contributed by atoms with Crippen molar-refractivity contribution in [2.24, 2.45) is 5.92 Å². The van der Waals surface area contributed by atoms with Crippen LogP contribution in [0.1, 0.15) is 29.8 Å². The van der Waals surface area contributed by atoms with E-state index in [2.05, 4.69) is 15.4 Å². The minimum atomic E-state index is -0.538. The van der Waals surface area contributed by atoms with Gasteiger partial charge in [0.2, 0.25) is 0 Å². The second kappa shape index (κ2) is 6.49. The molecule has 2 rings (SSSR count). The Morgan fingerprint density at radius 3 is 2.76 bits per heavy atom. The number of benzene rings is 1. The Morgan fingerprint density at radius 1 is 1.43 bits per heavy atom. The zero-order chi connectivity index (χ0) is 15.4. The molecule has 0 aliphatic rings. The quantitative estimate of drug-likeness (QED) is 0.869. The third-order valence-corrected chi connectivity index (χ3v) is 3.37. The maximum Gasteiger partial charge on any atom is 0.251 e. The Bertz CT molecular complexity index is 608. The van der Waals surface area contributed by atoms with E-state index in [9.17, 15) is 9.90 Å². The van der Waals surface area contributed by atoms with Crippen molar-refractivity contribution in [1.29, 1.82) is 0 Å². The Hall–Kier alpha value is -2.21. The van der Waals surface area contributed by atoms with Gasteiger partial charge in [-0.15, -0.1) is 0 Å². The van der Waals surface area contributed by atoms with Gasteiger partial charge >= 0.3 is 0 Å². The smallest absolute Gasteiger partial charge is 0.251 e. The standard InChI is InChI=1S/C15H20N4O2/c1-10(2)14(20)7-17-15(21)12-4-5-13(11(3)6-12)19-9-16-8-18-19/h4-6,8-10,14,20H,7H2,1-3H3,(H,17,21). The van der Waals surface area contributed by atoms with Gasteiger partial charge in [-0.05, 0) is 36.6 Å². The molecule has 0 saturated heterocycles. The molecule has 0 aliphatic carbocycles. The molecule has 0 fully saturated rings. The Balaban J connectivity index is 2.08. The van der Waals surface area contributed by atoms with E-state index in [4.69, 9.17) is 0 Å². The van der Waals surface area contributed by atoms with Crippen molar-refractivity contribution in [2.75, 3.05) is 6.54 Å². The number of aliphatic hydroxyl groups excluding tert-OH is 1. The molecule has 0 aliphatic heterocycles. The first-order chi connectivity index (χ1) is 9.99. The van der Waals surface area contributed by atoms with Crippen LogP contribution in [0, 0.1) is 12.8 Å². The van der Waals surface area contributed by atoms with E-state index in [1.165, 1.54) is 6.33 Å². The fraction of sp³-hybridized carbons (Fsp3) is 0.400. The zero-order valence-electron chi connectivity index (χ0n) is 12.4. The van der Waals surface area contributed by atoms with Gasteiger partial charge in [-0.25, -0.2) is 9.67 Å². The lowest BCUT2D eigenvalue weighted by Gasteiger charge is -2.15. The zero-order valence-corrected chi connectivity index (χ0v) is 12.4. The van der Waals surface area contributed by atoms with Gasteiger partial charge in [0.05, 0.1) is 11.8 Å². The highest BCUT2D eigenvalue weighted by Gasteiger charge is 2.13. The molecule has 0 saturated carbocycles. The van der Waals surface area contributed by atoms with Crippen LogP contribution in [0.15, 0.2) is 30.9 Å². The molecule has 2 aromatic rings. The van der Waals surface area contributed by atoms with Crippen LogP contribution in [0.25, 0.3) is 5.69 Å². The fourth-order valence-corrected chi connectivity index (χ4v) is 1.92. The van der Waals surface area contributed by atoms with E-state index >= 15 is 0 Å². The summed E-state index contributed by atoms with van der Waals surface area (Å²) < 4.78 is 1.65. The summed E-state index contributed by atoms with van der Waals surface area (Å²) in [5, 5.41) is 16.5. The third kappa shape index (κ3) is 3.66. The van der Waals surface area contributed by atoms with Crippen LogP contribution in [0.4, 0.5) is 0 Å². The number of rotatable bonds is 5. The van der Waals surface area contributed by atoms with Gasteiger partial charge in [0.1, 0.15) is 12.7 Å². The molecule has 0 bridgehead atoms. The Morgan fingerprint density at radius 2 is 2.19 bits per heavy atom. The second-order valence-corrected chi connectivity index (χ2v) is 5.36. The van der Waals surface area contributed by atoms with Gasteiger partial charge in [-0.2, -0.15) is 5.10 Å². The number of aryl methyl sites for hydroxylation is 1. The summed E-state index contributed by atoms with van der Waals surface area (Å²) in [4.78, 5) is 16.0. The lowest BCUT2D eigenvalue weighted by Crippen LogP contribution is -2.34. The topological polar surface area (TPSA) is 80.0 Å². The van der Waals surface area contributed by atoms with E-state index < -0.39 is 6.10 Å². The fourth-order valence-electron chi connectivity index (χ4n) is 1.92. The minimum absolute atomic E-state index is 0.113. The number of carbonyl (C=O) groups excluding carboxylic acids is 1. The number of nitrogens with one attached hydrogen (secondary N) is 1. The SMILES string of the molecule is Cc1cc(C(=O)NCC(O)C(C)C)ccc1-n1cncn1. The summed E-state index contributed by atoms with van der Waals surface area (Å²) in [7, 11) is 0. The first-order valence-corrected chi connectivity index (χ1v) is 6.91. The Labute approximate surface area is 123 Å². The molecule has 1 unspecified atom stereocenters. The first kappa shape index (κ1) is 15.2. The molecular formula is C15H20N4O2. The van der Waals surface area contributed by atoms with Gasteiger partial charge in [0.25, 0.3) is 5.91 Å². The van der Waals surface area contributed by atoms with Crippen molar-refractivity contribution in [2.45, 2.75) is 26.9 Å². The van der Waals surface area contributed by atoms with Crippen molar-refractivity contribution < 1.29 is 9.90 Å². The summed E-state index contributed by atoms with van der Waals surface area (Å²) in [6, 6.07) is 5.37. The number of aliphatic hydroxyl groups is 1. The summed E-state index contributed by atoms with van der Waals surface area (Å²) in [6.45, 7) is 5.99. The van der Waals surface area contributed by atoms with Crippen molar-refractivity contribution in [3.63, 3.8) is 0 Å².